The third-order valence-corrected chi connectivity index (χ3v) is 7.25. The van der Waals surface area contributed by atoms with Crippen molar-refractivity contribution in [1.82, 2.24) is 24.5 Å². The normalized spacial score (nSPS) is 17.4. The molecule has 210 valence electrons. The fraction of sp³-hybridized carbons (Fsp3) is 0.536. The summed E-state index contributed by atoms with van der Waals surface area (Å²) < 4.78 is 20.0. The van der Waals surface area contributed by atoms with Crippen LogP contribution >= 0.6 is 0 Å². The Kier molecular flexibility index (Phi) is 9.32. The van der Waals surface area contributed by atoms with E-state index in [0.717, 1.165) is 12.0 Å². The molecular weight excluding hydrogens is 505 g/mol. The molecule has 0 N–H and O–H groups in total. The second-order valence-corrected chi connectivity index (χ2v) is 9.91. The molecule has 1 fully saturated rings. The number of carbonyl (C=O) groups excluding carboxylic acids is 4. The van der Waals surface area contributed by atoms with Gasteiger partial charge in [-0.2, -0.15) is 5.10 Å². The molecule has 39 heavy (non-hydrogen) atoms. The van der Waals surface area contributed by atoms with Gasteiger partial charge in [0.1, 0.15) is 11.5 Å². The maximum Gasteiger partial charge on any atom is 0.310 e. The number of esters is 1. The van der Waals surface area contributed by atoms with E-state index >= 15 is 0 Å². The smallest absolute Gasteiger partial charge is 0.310 e. The molecule has 1 unspecified atom stereocenters. The molecule has 3 amide bonds. The standard InChI is InChI=1S/C28H36FN5O5/c1-3-31(16-12-25(35)32-13-5-7-21(19-32)28(38)39-4-2)26(36)23-17-24-27(37)33(14-6-15-34(24)30-23)18-20-8-10-22(29)11-9-20/h8-11,17,21H,3-7,12-16,18-19H2,1-2H3. The number of fused-ring (bicyclic) bond motifs is 1. The zero-order valence-electron chi connectivity index (χ0n) is 22.6. The minimum atomic E-state index is -0.341. The number of piperidine rings is 1. The fourth-order valence-corrected chi connectivity index (χ4v) is 5.11. The Labute approximate surface area is 227 Å². The van der Waals surface area contributed by atoms with Crippen LogP contribution in [0.5, 0.6) is 0 Å². The fourth-order valence-electron chi connectivity index (χ4n) is 5.11. The zero-order chi connectivity index (χ0) is 27.9. The van der Waals surface area contributed by atoms with Crippen LogP contribution in [0.15, 0.2) is 30.3 Å². The maximum absolute atomic E-state index is 13.3. The number of ether oxygens (including phenoxy) is 1. The van der Waals surface area contributed by atoms with Crippen molar-refractivity contribution in [2.75, 3.05) is 39.3 Å². The van der Waals surface area contributed by atoms with E-state index in [9.17, 15) is 23.6 Å². The first kappa shape index (κ1) is 28.3. The molecule has 11 heteroatoms. The van der Waals surface area contributed by atoms with E-state index in [1.807, 2.05) is 6.92 Å². The highest BCUT2D eigenvalue weighted by molar-refractivity contribution is 5.98. The van der Waals surface area contributed by atoms with Gasteiger partial charge in [-0.05, 0) is 50.8 Å². The molecule has 4 rings (SSSR count). The van der Waals surface area contributed by atoms with Gasteiger partial charge < -0.3 is 19.4 Å². The number of benzene rings is 1. The van der Waals surface area contributed by atoms with Crippen LogP contribution in [-0.4, -0.2) is 87.5 Å². The summed E-state index contributed by atoms with van der Waals surface area (Å²) in [6.45, 7) is 6.77. The summed E-state index contributed by atoms with van der Waals surface area (Å²) in [6, 6.07) is 7.56. The Morgan fingerprint density at radius 2 is 1.87 bits per heavy atom. The van der Waals surface area contributed by atoms with Gasteiger partial charge in [0.05, 0.1) is 12.5 Å². The number of aromatic nitrogens is 2. The van der Waals surface area contributed by atoms with E-state index in [4.69, 9.17) is 4.74 Å². The highest BCUT2D eigenvalue weighted by atomic mass is 19.1. The number of hydrogen-bond acceptors (Lipinski definition) is 6. The molecule has 1 aromatic heterocycles. The van der Waals surface area contributed by atoms with Crippen molar-refractivity contribution >= 4 is 23.7 Å². The molecule has 0 aliphatic carbocycles. The molecule has 1 aromatic carbocycles. The summed E-state index contributed by atoms with van der Waals surface area (Å²) in [6.07, 6.45) is 2.24. The molecule has 1 atom stereocenters. The quantitative estimate of drug-likeness (QED) is 0.452. The second-order valence-electron chi connectivity index (χ2n) is 9.91. The first-order valence-corrected chi connectivity index (χ1v) is 13.7. The molecule has 0 radical (unpaired) electrons. The lowest BCUT2D eigenvalue weighted by Gasteiger charge is -2.32. The summed E-state index contributed by atoms with van der Waals surface area (Å²) in [5.74, 6) is -1.60. The summed E-state index contributed by atoms with van der Waals surface area (Å²) in [7, 11) is 0. The van der Waals surface area contributed by atoms with Gasteiger partial charge in [0.15, 0.2) is 5.69 Å². The number of aryl methyl sites for hydroxylation is 1. The van der Waals surface area contributed by atoms with Crippen molar-refractivity contribution < 1.29 is 28.3 Å². The van der Waals surface area contributed by atoms with Gasteiger partial charge in [0.25, 0.3) is 11.8 Å². The highest BCUT2D eigenvalue weighted by Gasteiger charge is 2.31. The minimum Gasteiger partial charge on any atom is -0.466 e. The molecular formula is C28H36FN5O5. The average Bonchev–Trinajstić information content (AvgIpc) is 3.31. The van der Waals surface area contributed by atoms with E-state index in [1.165, 1.54) is 18.2 Å². The Balaban J connectivity index is 1.37. The second kappa shape index (κ2) is 12.9. The van der Waals surface area contributed by atoms with Gasteiger partial charge >= 0.3 is 5.97 Å². The van der Waals surface area contributed by atoms with Crippen LogP contribution in [0.2, 0.25) is 0 Å². The summed E-state index contributed by atoms with van der Waals surface area (Å²) in [5.41, 5.74) is 1.32. The minimum absolute atomic E-state index is 0.109. The zero-order valence-corrected chi connectivity index (χ0v) is 22.6. The molecule has 3 heterocycles. The van der Waals surface area contributed by atoms with Gasteiger partial charge in [-0.3, -0.25) is 23.9 Å². The molecule has 2 aliphatic heterocycles. The van der Waals surface area contributed by atoms with E-state index in [1.54, 1.807) is 38.4 Å². The van der Waals surface area contributed by atoms with Gasteiger partial charge in [0, 0.05) is 58.3 Å². The van der Waals surface area contributed by atoms with Gasteiger partial charge in [0.2, 0.25) is 5.91 Å². The predicted molar refractivity (Wildman–Crippen MR) is 140 cm³/mol. The van der Waals surface area contributed by atoms with Gasteiger partial charge in [-0.15, -0.1) is 0 Å². The van der Waals surface area contributed by atoms with Gasteiger partial charge in [-0.25, -0.2) is 4.39 Å². The largest absolute Gasteiger partial charge is 0.466 e. The number of carbonyl (C=O) groups is 4. The van der Waals surface area contributed by atoms with Crippen LogP contribution in [0.4, 0.5) is 4.39 Å². The van der Waals surface area contributed by atoms with Crippen LogP contribution < -0.4 is 0 Å². The van der Waals surface area contributed by atoms with Crippen molar-refractivity contribution in [2.24, 2.45) is 5.92 Å². The van der Waals surface area contributed by atoms with E-state index in [-0.39, 0.29) is 54.1 Å². The number of hydrogen-bond donors (Lipinski definition) is 0. The van der Waals surface area contributed by atoms with Crippen molar-refractivity contribution in [2.45, 2.75) is 52.6 Å². The third kappa shape index (κ3) is 6.82. The van der Waals surface area contributed by atoms with Gasteiger partial charge in [-0.1, -0.05) is 12.1 Å². The Bertz CT molecular complexity index is 1200. The summed E-state index contributed by atoms with van der Waals surface area (Å²) in [4.78, 5) is 56.5. The van der Waals surface area contributed by atoms with Crippen molar-refractivity contribution in [1.29, 1.82) is 0 Å². The van der Waals surface area contributed by atoms with E-state index < -0.39 is 0 Å². The monoisotopic (exact) mass is 541 g/mol. The predicted octanol–water partition coefficient (Wildman–Crippen LogP) is 2.72. The SMILES string of the molecule is CCOC(=O)C1CCCN(C(=O)CCN(CC)C(=O)c2cc3n(n2)CCCN(Cc2ccc(F)cc2)C3=O)C1. The molecule has 1 saturated heterocycles. The number of halogens is 1. The summed E-state index contributed by atoms with van der Waals surface area (Å²) >= 11 is 0. The lowest BCUT2D eigenvalue weighted by molar-refractivity contribution is -0.151. The van der Waals surface area contributed by atoms with Crippen molar-refractivity contribution in [3.8, 4) is 0 Å². The number of rotatable bonds is 9. The molecule has 2 aliphatic rings. The number of amides is 3. The average molecular weight is 542 g/mol. The van der Waals surface area contributed by atoms with E-state index in [2.05, 4.69) is 5.10 Å². The van der Waals surface area contributed by atoms with Crippen molar-refractivity contribution in [3.05, 3.63) is 53.1 Å². The first-order valence-electron chi connectivity index (χ1n) is 13.7. The molecule has 0 saturated carbocycles. The Morgan fingerprint density at radius 3 is 2.59 bits per heavy atom. The van der Waals surface area contributed by atoms with Crippen LogP contribution in [0.25, 0.3) is 0 Å². The van der Waals surface area contributed by atoms with Crippen LogP contribution in [-0.2, 0) is 27.4 Å². The third-order valence-electron chi connectivity index (χ3n) is 7.25. The lowest BCUT2D eigenvalue weighted by atomic mass is 9.98. The Morgan fingerprint density at radius 1 is 1.10 bits per heavy atom. The Hall–Kier alpha value is -3.76. The van der Waals surface area contributed by atoms with E-state index in [0.29, 0.717) is 64.4 Å². The topological polar surface area (TPSA) is 105 Å². The maximum atomic E-state index is 13.3. The highest BCUT2D eigenvalue weighted by Crippen LogP contribution is 2.20. The van der Waals surface area contributed by atoms with Crippen LogP contribution in [0.3, 0.4) is 0 Å². The molecule has 2 aromatic rings. The van der Waals surface area contributed by atoms with Crippen LogP contribution in [0.1, 0.15) is 66.1 Å². The first-order chi connectivity index (χ1) is 18.8. The lowest BCUT2D eigenvalue weighted by Crippen LogP contribution is -2.44. The molecule has 0 spiro atoms. The van der Waals surface area contributed by atoms with Crippen molar-refractivity contribution in [3.63, 3.8) is 0 Å². The number of nitrogens with zero attached hydrogens (tertiary/aromatic N) is 5. The number of likely N-dealkylation sites (tertiary alicyclic amines) is 1. The molecule has 0 bridgehead atoms. The molecule has 10 nitrogen and oxygen atoms in total. The van der Waals surface area contributed by atoms with Crippen LogP contribution in [0, 0.1) is 11.7 Å². The summed E-state index contributed by atoms with van der Waals surface area (Å²) in [5, 5.41) is 4.43.